The molecular weight excluding hydrogens is 604 g/mol. The first-order chi connectivity index (χ1) is 17.8. The Kier molecular flexibility index (Phi) is 11.0. The lowest BCUT2D eigenvalue weighted by molar-refractivity contribution is -0.118. The number of anilines is 2. The molecule has 39 heavy (non-hydrogen) atoms. The first kappa shape index (κ1) is 32.6. The standard InChI is InChI=1S/C12H14N2O3S2.C11H12N2OS.CH3ClO2S/c1-7(8(2)15)9-4-5-10-11(6-9)18-12(13-10)14-19(3,16)17;1-6(7(2)14)8-3-4-9-10(5-8)15-11(12)13-9;1-5(2,3)4/h4-7H,1-3H3,(H,13,14);3-6H,1-2H3,(H2,12,13);1H3. The number of nitrogens with zero attached hydrogens (tertiary/aromatic N) is 2. The van der Waals surface area contributed by atoms with E-state index in [0.717, 1.165) is 44.1 Å². The number of Topliss-reactive ketones (excluding diaryl/α,β-unsaturated/α-hetero) is 2. The molecule has 4 aromatic rings. The molecule has 0 amide bonds. The molecule has 10 nitrogen and oxygen atoms in total. The highest BCUT2D eigenvalue weighted by molar-refractivity contribution is 8.13. The van der Waals surface area contributed by atoms with E-state index in [1.54, 1.807) is 19.9 Å². The van der Waals surface area contributed by atoms with E-state index in [1.807, 2.05) is 44.2 Å². The Morgan fingerprint density at radius 3 is 1.67 bits per heavy atom. The fourth-order valence-electron chi connectivity index (χ4n) is 3.11. The summed E-state index contributed by atoms with van der Waals surface area (Å²) in [5.74, 6) is 0.0423. The Morgan fingerprint density at radius 1 is 0.846 bits per heavy atom. The molecule has 4 rings (SSSR count). The number of aromatic nitrogens is 2. The number of hydrogen-bond acceptors (Lipinski definition) is 11. The number of nitrogen functional groups attached to an aromatic ring is 1. The van der Waals surface area contributed by atoms with Gasteiger partial charge in [0.1, 0.15) is 11.6 Å². The topological polar surface area (TPSA) is 166 Å². The molecular formula is C24H29ClN4O6S4. The van der Waals surface area contributed by atoms with E-state index < -0.39 is 19.1 Å². The number of carbonyl (C=O) groups excluding carboxylic acids is 2. The molecule has 3 N–H and O–H groups in total. The van der Waals surface area contributed by atoms with Crippen molar-refractivity contribution < 1.29 is 26.4 Å². The predicted molar refractivity (Wildman–Crippen MR) is 161 cm³/mol. The van der Waals surface area contributed by atoms with E-state index in [0.29, 0.717) is 10.3 Å². The smallest absolute Gasteiger partial charge is 0.231 e. The van der Waals surface area contributed by atoms with Crippen LogP contribution in [0.25, 0.3) is 20.4 Å². The molecule has 0 saturated heterocycles. The maximum Gasteiger partial charge on any atom is 0.231 e. The van der Waals surface area contributed by atoms with Crippen LogP contribution in [-0.4, -0.2) is 50.9 Å². The van der Waals surface area contributed by atoms with Crippen molar-refractivity contribution in [1.29, 1.82) is 0 Å². The van der Waals surface area contributed by atoms with Gasteiger partial charge in [0.2, 0.25) is 19.1 Å². The van der Waals surface area contributed by atoms with Gasteiger partial charge in [0.25, 0.3) is 0 Å². The van der Waals surface area contributed by atoms with Crippen molar-refractivity contribution in [3.63, 3.8) is 0 Å². The summed E-state index contributed by atoms with van der Waals surface area (Å²) in [5, 5.41) is 0.905. The zero-order valence-corrected chi connectivity index (χ0v) is 26.1. The highest BCUT2D eigenvalue weighted by Crippen LogP contribution is 2.30. The lowest BCUT2D eigenvalue weighted by Gasteiger charge is -2.06. The van der Waals surface area contributed by atoms with Gasteiger partial charge in [-0.15, -0.1) is 0 Å². The summed E-state index contributed by atoms with van der Waals surface area (Å²) in [5.41, 5.74) is 9.17. The third kappa shape index (κ3) is 10.8. The molecule has 0 aliphatic heterocycles. The Balaban J connectivity index is 0.000000238. The third-order valence-corrected chi connectivity index (χ3v) is 7.81. The second-order valence-electron chi connectivity index (χ2n) is 8.75. The van der Waals surface area contributed by atoms with Crippen LogP contribution in [0.5, 0.6) is 0 Å². The molecule has 2 aromatic carbocycles. The van der Waals surface area contributed by atoms with Crippen LogP contribution in [0.4, 0.5) is 10.3 Å². The van der Waals surface area contributed by atoms with Gasteiger partial charge in [0.15, 0.2) is 10.3 Å². The van der Waals surface area contributed by atoms with Crippen molar-refractivity contribution in [2.45, 2.75) is 39.5 Å². The fourth-order valence-corrected chi connectivity index (χ4v) is 5.64. The molecule has 0 aliphatic carbocycles. The van der Waals surface area contributed by atoms with Crippen molar-refractivity contribution in [1.82, 2.24) is 9.97 Å². The van der Waals surface area contributed by atoms with Crippen molar-refractivity contribution in [2.24, 2.45) is 0 Å². The van der Waals surface area contributed by atoms with Gasteiger partial charge in [-0.05, 0) is 49.2 Å². The molecule has 15 heteroatoms. The van der Waals surface area contributed by atoms with E-state index in [4.69, 9.17) is 5.73 Å². The first-order valence-corrected chi connectivity index (χ1v) is 17.5. The second kappa shape index (κ2) is 13.1. The SMILES string of the molecule is CC(=O)C(C)c1ccc2nc(N)sc2c1.CC(=O)C(C)c1ccc2nc(NS(C)(=O)=O)sc2c1.CS(=O)(=O)Cl. The minimum Gasteiger partial charge on any atom is -0.375 e. The highest BCUT2D eigenvalue weighted by atomic mass is 35.7. The van der Waals surface area contributed by atoms with Gasteiger partial charge in [0.05, 0.1) is 32.9 Å². The summed E-state index contributed by atoms with van der Waals surface area (Å²) in [6, 6.07) is 11.4. The molecule has 0 saturated carbocycles. The molecule has 0 aliphatic rings. The van der Waals surface area contributed by atoms with E-state index in [-0.39, 0.29) is 23.4 Å². The summed E-state index contributed by atoms with van der Waals surface area (Å²) in [6.07, 6.45) is 2.01. The molecule has 0 spiro atoms. The van der Waals surface area contributed by atoms with Gasteiger partial charge < -0.3 is 5.73 Å². The van der Waals surface area contributed by atoms with E-state index in [2.05, 4.69) is 25.4 Å². The third-order valence-electron chi connectivity index (χ3n) is 5.33. The molecule has 0 bridgehead atoms. The van der Waals surface area contributed by atoms with Gasteiger partial charge in [-0.3, -0.25) is 14.3 Å². The average molecular weight is 633 g/mol. The molecule has 212 valence electrons. The Morgan fingerprint density at radius 2 is 1.26 bits per heavy atom. The maximum atomic E-state index is 11.4. The van der Waals surface area contributed by atoms with Gasteiger partial charge in [0, 0.05) is 22.5 Å². The number of benzene rings is 2. The van der Waals surface area contributed by atoms with Gasteiger partial charge in [-0.2, -0.15) is 0 Å². The number of ketones is 2. The molecule has 0 fully saturated rings. The number of hydrogen-bond donors (Lipinski definition) is 2. The molecule has 2 atom stereocenters. The number of rotatable bonds is 6. The van der Waals surface area contributed by atoms with Crippen LogP contribution in [0.2, 0.25) is 0 Å². The van der Waals surface area contributed by atoms with Crippen LogP contribution in [0.15, 0.2) is 36.4 Å². The molecule has 2 heterocycles. The van der Waals surface area contributed by atoms with E-state index in [1.165, 1.54) is 22.7 Å². The average Bonchev–Trinajstić information content (AvgIpc) is 3.35. The molecule has 2 unspecified atom stereocenters. The number of sulfonamides is 1. The van der Waals surface area contributed by atoms with E-state index in [9.17, 15) is 26.4 Å². The summed E-state index contributed by atoms with van der Waals surface area (Å²) in [6.45, 7) is 6.92. The minimum absolute atomic E-state index is 0.0577. The first-order valence-electron chi connectivity index (χ1n) is 11.3. The quantitative estimate of drug-likeness (QED) is 0.274. The number of thiazole rings is 2. The molecule has 0 radical (unpaired) electrons. The van der Waals surface area contributed by atoms with Gasteiger partial charge >= 0.3 is 0 Å². The monoisotopic (exact) mass is 632 g/mol. The van der Waals surface area contributed by atoms with Crippen molar-refractivity contribution >= 4 is 94.7 Å². The summed E-state index contributed by atoms with van der Waals surface area (Å²) in [4.78, 5) is 31.0. The lowest BCUT2D eigenvalue weighted by Crippen LogP contribution is -2.08. The van der Waals surface area contributed by atoms with Crippen LogP contribution < -0.4 is 10.5 Å². The fraction of sp³-hybridized carbons (Fsp3) is 0.333. The lowest BCUT2D eigenvalue weighted by atomic mass is 9.98. The Bertz CT molecular complexity index is 1710. The number of carbonyl (C=O) groups is 2. The number of halogens is 1. The number of nitrogens with one attached hydrogen (secondary N) is 1. The van der Waals surface area contributed by atoms with Crippen molar-refractivity contribution in [2.75, 3.05) is 23.0 Å². The summed E-state index contributed by atoms with van der Waals surface area (Å²) < 4.78 is 45.4. The summed E-state index contributed by atoms with van der Waals surface area (Å²) in [7, 11) is -2.01. The Hall–Kier alpha value is -2.65. The van der Waals surface area contributed by atoms with E-state index >= 15 is 0 Å². The predicted octanol–water partition coefficient (Wildman–Crippen LogP) is 5.12. The Labute approximate surface area is 240 Å². The van der Waals surface area contributed by atoms with Crippen molar-refractivity contribution in [3.8, 4) is 0 Å². The largest absolute Gasteiger partial charge is 0.375 e. The van der Waals surface area contributed by atoms with Crippen LogP contribution in [-0.2, 0) is 28.7 Å². The zero-order chi connectivity index (χ0) is 29.7. The van der Waals surface area contributed by atoms with Gasteiger partial charge in [-0.25, -0.2) is 26.8 Å². The van der Waals surface area contributed by atoms with Crippen LogP contribution in [0.3, 0.4) is 0 Å². The summed E-state index contributed by atoms with van der Waals surface area (Å²) >= 11 is 2.71. The van der Waals surface area contributed by atoms with Crippen LogP contribution in [0.1, 0.15) is 50.7 Å². The van der Waals surface area contributed by atoms with Crippen LogP contribution in [0, 0.1) is 0 Å². The van der Waals surface area contributed by atoms with Crippen molar-refractivity contribution in [3.05, 3.63) is 47.5 Å². The number of fused-ring (bicyclic) bond motifs is 2. The number of nitrogens with two attached hydrogens (primary N) is 1. The second-order valence-corrected chi connectivity index (χ2v) is 15.6. The zero-order valence-electron chi connectivity index (χ0n) is 22.1. The van der Waals surface area contributed by atoms with Gasteiger partial charge in [-0.1, -0.05) is 48.7 Å². The normalized spacial score (nSPS) is 13.0. The van der Waals surface area contributed by atoms with Crippen LogP contribution >= 0.6 is 33.4 Å². The maximum absolute atomic E-state index is 11.4. The molecule has 2 aromatic heterocycles. The highest BCUT2D eigenvalue weighted by Gasteiger charge is 2.14. The minimum atomic E-state index is -3.32.